The lowest BCUT2D eigenvalue weighted by Crippen LogP contribution is -2.33. The van der Waals surface area contributed by atoms with Gasteiger partial charge in [0.1, 0.15) is 0 Å². The third-order valence-electron chi connectivity index (χ3n) is 3.82. The highest BCUT2D eigenvalue weighted by molar-refractivity contribution is 6.42. The lowest BCUT2D eigenvalue weighted by Gasteiger charge is -2.23. The monoisotopic (exact) mass is 412 g/mol. The molecule has 0 heterocycles. The number of rotatable bonds is 7. The molecule has 0 spiro atoms. The molecular weight excluding hydrogens is 395 g/mol. The molecule has 2 aromatic rings. The quantitative estimate of drug-likeness (QED) is 0.510. The van der Waals surface area contributed by atoms with E-state index in [1.807, 2.05) is 0 Å². The fraction of sp³-hybridized carbons (Fsp3) is 0.278. The van der Waals surface area contributed by atoms with Crippen molar-refractivity contribution in [1.29, 1.82) is 0 Å². The number of hydrogen-bond donors (Lipinski definition) is 1. The molecule has 0 radical (unpaired) electrons. The minimum atomic E-state index is -1.13. The molecule has 7 nitrogen and oxygen atoms in total. The number of benzene rings is 2. The van der Waals surface area contributed by atoms with Crippen LogP contribution in [0.25, 0.3) is 0 Å². The minimum absolute atomic E-state index is 0.0594. The van der Waals surface area contributed by atoms with E-state index in [0.29, 0.717) is 10.7 Å². The Labute approximate surface area is 166 Å². The Bertz CT molecular complexity index is 831. The molecule has 0 aliphatic rings. The van der Waals surface area contributed by atoms with Crippen LogP contribution in [0.4, 0.5) is 16.2 Å². The Hall–Kier alpha value is -2.35. The maximum Gasteiger partial charge on any atom is 0.414 e. The number of nitro groups is 1. The van der Waals surface area contributed by atoms with Crippen LogP contribution in [-0.2, 0) is 4.74 Å². The van der Waals surface area contributed by atoms with Gasteiger partial charge in [0.2, 0.25) is 0 Å². The van der Waals surface area contributed by atoms with E-state index < -0.39 is 17.1 Å². The molecule has 0 bridgehead atoms. The van der Waals surface area contributed by atoms with Crippen molar-refractivity contribution in [2.24, 2.45) is 0 Å². The number of halogens is 2. The summed E-state index contributed by atoms with van der Waals surface area (Å²) in [4.78, 5) is 24.2. The lowest BCUT2D eigenvalue weighted by molar-refractivity contribution is -0.386. The molecule has 0 saturated carbocycles. The topological polar surface area (TPSA) is 92.9 Å². The van der Waals surface area contributed by atoms with Crippen LogP contribution >= 0.6 is 23.2 Å². The van der Waals surface area contributed by atoms with Crippen LogP contribution in [0.15, 0.2) is 42.5 Å². The number of amides is 1. The molecule has 1 unspecified atom stereocenters. The molecule has 27 heavy (non-hydrogen) atoms. The third kappa shape index (κ3) is 5.32. The number of aliphatic hydroxyl groups is 1. The standard InChI is InChI=1S/C18H18Cl2N2O5/c1-2-27-18(24)21(12-7-8-14(19)15(20)11-12)10-9-17(23)13-5-3-4-6-16(13)22(25)26/h3-8,11,17,23H,2,9-10H2,1H3. The fourth-order valence-corrected chi connectivity index (χ4v) is 2.81. The van der Waals surface area contributed by atoms with E-state index in [4.69, 9.17) is 27.9 Å². The summed E-state index contributed by atoms with van der Waals surface area (Å²) in [6.07, 6.45) is -1.69. The molecule has 2 aromatic carbocycles. The molecule has 0 fully saturated rings. The van der Waals surface area contributed by atoms with Crippen molar-refractivity contribution in [1.82, 2.24) is 0 Å². The summed E-state index contributed by atoms with van der Waals surface area (Å²) in [5, 5.41) is 22.2. The van der Waals surface area contributed by atoms with Crippen LogP contribution in [0.1, 0.15) is 25.0 Å². The maximum atomic E-state index is 12.3. The number of nitrogens with zero attached hydrogens (tertiary/aromatic N) is 2. The highest BCUT2D eigenvalue weighted by atomic mass is 35.5. The van der Waals surface area contributed by atoms with Gasteiger partial charge in [0.05, 0.1) is 33.2 Å². The summed E-state index contributed by atoms with van der Waals surface area (Å²) in [7, 11) is 0. The number of carbonyl (C=O) groups excluding carboxylic acids is 1. The Balaban J connectivity index is 2.22. The van der Waals surface area contributed by atoms with Gasteiger partial charge in [-0.3, -0.25) is 15.0 Å². The number of anilines is 1. The number of aliphatic hydroxyl groups excluding tert-OH is 1. The van der Waals surface area contributed by atoms with E-state index in [0.717, 1.165) is 0 Å². The second kappa shape index (κ2) is 9.55. The highest BCUT2D eigenvalue weighted by Crippen LogP contribution is 2.30. The zero-order valence-corrected chi connectivity index (χ0v) is 16.0. The Morgan fingerprint density at radius 2 is 1.96 bits per heavy atom. The first-order valence-corrected chi connectivity index (χ1v) is 8.91. The van der Waals surface area contributed by atoms with E-state index >= 15 is 0 Å². The third-order valence-corrected chi connectivity index (χ3v) is 4.56. The van der Waals surface area contributed by atoms with E-state index in [1.54, 1.807) is 25.1 Å². The Kier molecular flexibility index (Phi) is 7.41. The fourth-order valence-electron chi connectivity index (χ4n) is 2.52. The van der Waals surface area contributed by atoms with Gasteiger partial charge in [-0.15, -0.1) is 0 Å². The van der Waals surface area contributed by atoms with Gasteiger partial charge in [0.25, 0.3) is 5.69 Å². The molecule has 0 saturated heterocycles. The van der Waals surface area contributed by atoms with Crippen molar-refractivity contribution in [2.75, 3.05) is 18.1 Å². The van der Waals surface area contributed by atoms with Gasteiger partial charge in [0, 0.05) is 18.3 Å². The van der Waals surface area contributed by atoms with Gasteiger partial charge >= 0.3 is 6.09 Å². The van der Waals surface area contributed by atoms with Crippen LogP contribution in [-0.4, -0.2) is 29.3 Å². The first-order chi connectivity index (χ1) is 12.8. The second-order valence-electron chi connectivity index (χ2n) is 5.57. The van der Waals surface area contributed by atoms with Gasteiger partial charge in [0.15, 0.2) is 0 Å². The van der Waals surface area contributed by atoms with Gasteiger partial charge in [-0.25, -0.2) is 4.79 Å². The zero-order valence-electron chi connectivity index (χ0n) is 14.5. The number of para-hydroxylation sites is 1. The number of nitro benzene ring substituents is 1. The van der Waals surface area contributed by atoms with Crippen molar-refractivity contribution >= 4 is 40.7 Å². The molecule has 9 heteroatoms. The van der Waals surface area contributed by atoms with Crippen molar-refractivity contribution in [3.8, 4) is 0 Å². The van der Waals surface area contributed by atoms with Gasteiger partial charge in [-0.05, 0) is 37.6 Å². The molecular formula is C18H18Cl2N2O5. The predicted octanol–water partition coefficient (Wildman–Crippen LogP) is 4.99. The number of hydrogen-bond acceptors (Lipinski definition) is 5. The normalized spacial score (nSPS) is 11.7. The maximum absolute atomic E-state index is 12.3. The molecule has 0 aromatic heterocycles. The van der Waals surface area contributed by atoms with Crippen molar-refractivity contribution in [3.63, 3.8) is 0 Å². The SMILES string of the molecule is CCOC(=O)N(CCC(O)c1ccccc1[N+](=O)[O-])c1ccc(Cl)c(Cl)c1. The summed E-state index contributed by atoms with van der Waals surface area (Å²) in [6.45, 7) is 1.90. The molecule has 2 rings (SSSR count). The largest absolute Gasteiger partial charge is 0.449 e. The summed E-state index contributed by atoms with van der Waals surface area (Å²) >= 11 is 11.9. The molecule has 0 aliphatic heterocycles. The number of carbonyl (C=O) groups is 1. The van der Waals surface area contributed by atoms with Gasteiger partial charge in [-0.1, -0.05) is 35.3 Å². The minimum Gasteiger partial charge on any atom is -0.449 e. The van der Waals surface area contributed by atoms with Crippen LogP contribution < -0.4 is 4.90 Å². The van der Waals surface area contributed by atoms with Crippen LogP contribution in [0, 0.1) is 10.1 Å². The highest BCUT2D eigenvalue weighted by Gasteiger charge is 2.23. The van der Waals surface area contributed by atoms with Crippen molar-refractivity contribution < 1.29 is 19.6 Å². The van der Waals surface area contributed by atoms with Gasteiger partial charge < -0.3 is 9.84 Å². The van der Waals surface area contributed by atoms with E-state index in [1.165, 1.54) is 29.2 Å². The Morgan fingerprint density at radius 1 is 1.26 bits per heavy atom. The molecule has 144 valence electrons. The summed E-state index contributed by atoms with van der Waals surface area (Å²) in [5.41, 5.74) is 0.445. The van der Waals surface area contributed by atoms with Crippen molar-refractivity contribution in [2.45, 2.75) is 19.4 Å². The van der Waals surface area contributed by atoms with E-state index in [2.05, 4.69) is 0 Å². The van der Waals surface area contributed by atoms with Crippen LogP contribution in [0.2, 0.25) is 10.0 Å². The average Bonchev–Trinajstić information content (AvgIpc) is 2.64. The smallest absolute Gasteiger partial charge is 0.414 e. The van der Waals surface area contributed by atoms with Gasteiger partial charge in [-0.2, -0.15) is 0 Å². The summed E-state index contributed by atoms with van der Waals surface area (Å²) < 4.78 is 5.05. The molecule has 1 amide bonds. The average molecular weight is 413 g/mol. The lowest BCUT2D eigenvalue weighted by atomic mass is 10.0. The first kappa shape index (κ1) is 21.0. The molecule has 1 N–H and O–H groups in total. The molecule has 0 aliphatic carbocycles. The summed E-state index contributed by atoms with van der Waals surface area (Å²) in [6, 6.07) is 10.6. The predicted molar refractivity (Wildman–Crippen MR) is 104 cm³/mol. The van der Waals surface area contributed by atoms with E-state index in [-0.39, 0.29) is 35.8 Å². The first-order valence-electron chi connectivity index (χ1n) is 8.15. The zero-order chi connectivity index (χ0) is 20.0. The van der Waals surface area contributed by atoms with E-state index in [9.17, 15) is 20.0 Å². The second-order valence-corrected chi connectivity index (χ2v) is 6.38. The number of ether oxygens (including phenoxy) is 1. The summed E-state index contributed by atoms with van der Waals surface area (Å²) in [5.74, 6) is 0. The van der Waals surface area contributed by atoms with Crippen LogP contribution in [0.3, 0.4) is 0 Å². The Morgan fingerprint density at radius 3 is 2.59 bits per heavy atom. The van der Waals surface area contributed by atoms with Crippen molar-refractivity contribution in [3.05, 3.63) is 68.2 Å². The van der Waals surface area contributed by atoms with Crippen LogP contribution in [0.5, 0.6) is 0 Å². The molecule has 1 atom stereocenters.